The van der Waals surface area contributed by atoms with Gasteiger partial charge in [-0.1, -0.05) is 6.58 Å². The number of sulfonamides is 1. The number of hydrogen-bond donors (Lipinski definition) is 1. The monoisotopic (exact) mass is 244 g/mol. The maximum Gasteiger partial charge on any atom is 0.245 e. The van der Waals surface area contributed by atoms with E-state index in [0.717, 1.165) is 12.8 Å². The minimum atomic E-state index is -3.25. The summed E-state index contributed by atoms with van der Waals surface area (Å²) in [5.74, 6) is -0.191. The smallest absolute Gasteiger partial charge is 0.245 e. The lowest BCUT2D eigenvalue weighted by Gasteiger charge is -2.14. The van der Waals surface area contributed by atoms with Crippen molar-refractivity contribution in [2.75, 3.05) is 13.1 Å². The Bertz CT molecular complexity index is 400. The van der Waals surface area contributed by atoms with Gasteiger partial charge >= 0.3 is 0 Å². The fourth-order valence-corrected chi connectivity index (χ4v) is 3.53. The van der Waals surface area contributed by atoms with Gasteiger partial charge in [0.15, 0.2) is 0 Å². The minimum absolute atomic E-state index is 0.133. The minimum Gasteiger partial charge on any atom is -0.338 e. The number of nitrogens with zero attached hydrogens (tertiary/aromatic N) is 1. The Morgan fingerprint density at radius 1 is 1.38 bits per heavy atom. The molecule has 1 N–H and O–H groups in total. The lowest BCUT2D eigenvalue weighted by atomic mass is 10.4. The Morgan fingerprint density at radius 3 is 2.62 bits per heavy atom. The molecule has 0 bridgehead atoms. The summed E-state index contributed by atoms with van der Waals surface area (Å²) in [5.41, 5.74) is 0. The normalized spacial score (nSPS) is 25.8. The summed E-state index contributed by atoms with van der Waals surface area (Å²) >= 11 is 0. The maximum atomic E-state index is 11.9. The fourth-order valence-electron chi connectivity index (χ4n) is 1.84. The summed E-state index contributed by atoms with van der Waals surface area (Å²) in [7, 11) is -3.25. The van der Waals surface area contributed by atoms with Crippen molar-refractivity contribution < 1.29 is 13.2 Å². The van der Waals surface area contributed by atoms with E-state index in [4.69, 9.17) is 0 Å². The number of carbonyl (C=O) groups is 1. The van der Waals surface area contributed by atoms with Crippen molar-refractivity contribution in [1.82, 2.24) is 9.62 Å². The highest BCUT2D eigenvalue weighted by molar-refractivity contribution is 7.90. The number of likely N-dealkylation sites (tertiary alicyclic amines) is 1. The molecule has 1 aliphatic carbocycles. The van der Waals surface area contributed by atoms with Crippen LogP contribution in [0.3, 0.4) is 0 Å². The molecule has 0 aromatic heterocycles. The number of hydrogen-bond acceptors (Lipinski definition) is 3. The summed E-state index contributed by atoms with van der Waals surface area (Å²) in [6.45, 7) is 4.18. The predicted octanol–water partition coefficient (Wildman–Crippen LogP) is -0.145. The van der Waals surface area contributed by atoms with Gasteiger partial charge in [-0.2, -0.15) is 0 Å². The van der Waals surface area contributed by atoms with E-state index in [1.165, 1.54) is 11.0 Å². The zero-order valence-corrected chi connectivity index (χ0v) is 9.87. The highest BCUT2D eigenvalue weighted by Gasteiger charge is 2.37. The lowest BCUT2D eigenvalue weighted by Crippen LogP contribution is -2.38. The molecule has 2 rings (SSSR count). The number of amides is 1. The quantitative estimate of drug-likeness (QED) is 0.700. The molecule has 1 saturated carbocycles. The molecule has 2 aliphatic rings. The van der Waals surface area contributed by atoms with Gasteiger partial charge in [0.1, 0.15) is 0 Å². The van der Waals surface area contributed by atoms with Crippen LogP contribution in [0.15, 0.2) is 12.7 Å². The van der Waals surface area contributed by atoms with Crippen LogP contribution in [-0.2, 0) is 14.8 Å². The van der Waals surface area contributed by atoms with Gasteiger partial charge in [0.05, 0.1) is 5.25 Å². The average Bonchev–Trinajstić information content (AvgIpc) is 2.88. The molecule has 1 heterocycles. The van der Waals surface area contributed by atoms with Crippen LogP contribution in [0.5, 0.6) is 0 Å². The van der Waals surface area contributed by atoms with Crippen molar-refractivity contribution >= 4 is 15.9 Å². The van der Waals surface area contributed by atoms with Crippen LogP contribution >= 0.6 is 0 Å². The van der Waals surface area contributed by atoms with Crippen LogP contribution in [0.4, 0.5) is 0 Å². The summed E-state index contributed by atoms with van der Waals surface area (Å²) in [5, 5.41) is -0.461. The van der Waals surface area contributed by atoms with E-state index in [9.17, 15) is 13.2 Å². The molecule has 1 saturated heterocycles. The molecule has 2 fully saturated rings. The largest absolute Gasteiger partial charge is 0.338 e. The van der Waals surface area contributed by atoms with Gasteiger partial charge in [-0.15, -0.1) is 0 Å². The van der Waals surface area contributed by atoms with Gasteiger partial charge in [-0.25, -0.2) is 13.1 Å². The van der Waals surface area contributed by atoms with Crippen molar-refractivity contribution in [1.29, 1.82) is 0 Å². The molecule has 0 spiro atoms. The van der Waals surface area contributed by atoms with Crippen molar-refractivity contribution in [3.05, 3.63) is 12.7 Å². The first kappa shape index (κ1) is 11.6. The van der Waals surface area contributed by atoms with Gasteiger partial charge in [-0.05, 0) is 25.3 Å². The molecule has 5 nitrogen and oxygen atoms in total. The lowest BCUT2D eigenvalue weighted by molar-refractivity contribution is -0.124. The van der Waals surface area contributed by atoms with E-state index in [2.05, 4.69) is 11.3 Å². The third-order valence-electron chi connectivity index (χ3n) is 2.98. The highest BCUT2D eigenvalue weighted by Crippen LogP contribution is 2.23. The number of rotatable bonds is 4. The molecule has 1 amide bonds. The van der Waals surface area contributed by atoms with Gasteiger partial charge in [0, 0.05) is 19.1 Å². The van der Waals surface area contributed by atoms with Gasteiger partial charge in [0.2, 0.25) is 15.9 Å². The van der Waals surface area contributed by atoms with Crippen LogP contribution in [0.1, 0.15) is 19.3 Å². The van der Waals surface area contributed by atoms with Gasteiger partial charge in [0.25, 0.3) is 0 Å². The summed E-state index contributed by atoms with van der Waals surface area (Å²) in [6, 6.07) is 0.133. The van der Waals surface area contributed by atoms with E-state index in [1.54, 1.807) is 0 Å². The van der Waals surface area contributed by atoms with Crippen LogP contribution in [-0.4, -0.2) is 43.6 Å². The molecule has 1 unspecified atom stereocenters. The first-order chi connectivity index (χ1) is 7.53. The summed E-state index contributed by atoms with van der Waals surface area (Å²) in [4.78, 5) is 12.8. The molecule has 0 aromatic rings. The van der Waals surface area contributed by atoms with E-state index < -0.39 is 15.3 Å². The molecular weight excluding hydrogens is 228 g/mol. The first-order valence-corrected chi connectivity index (χ1v) is 7.00. The molecular formula is C10H16N2O3S. The van der Waals surface area contributed by atoms with Crippen LogP contribution in [0.25, 0.3) is 0 Å². The van der Waals surface area contributed by atoms with Gasteiger partial charge in [-0.3, -0.25) is 4.79 Å². The van der Waals surface area contributed by atoms with E-state index >= 15 is 0 Å². The fraction of sp³-hybridized carbons (Fsp3) is 0.700. The molecule has 6 heteroatoms. The second kappa shape index (κ2) is 4.18. The Hall–Kier alpha value is -0.880. The van der Waals surface area contributed by atoms with Crippen molar-refractivity contribution in [3.8, 4) is 0 Å². The van der Waals surface area contributed by atoms with E-state index in [1.807, 2.05) is 0 Å². The molecule has 0 aromatic carbocycles. The first-order valence-electron chi connectivity index (χ1n) is 5.45. The zero-order chi connectivity index (χ0) is 11.8. The molecule has 1 aliphatic heterocycles. The molecule has 0 radical (unpaired) electrons. The second-order valence-corrected chi connectivity index (χ2v) is 6.33. The second-order valence-electron chi connectivity index (χ2n) is 4.34. The van der Waals surface area contributed by atoms with E-state index in [-0.39, 0.29) is 18.5 Å². The molecule has 16 heavy (non-hydrogen) atoms. The number of nitrogens with one attached hydrogen (secondary N) is 1. The van der Waals surface area contributed by atoms with Crippen LogP contribution < -0.4 is 4.72 Å². The van der Waals surface area contributed by atoms with E-state index in [0.29, 0.717) is 13.0 Å². The summed E-state index contributed by atoms with van der Waals surface area (Å²) in [6.07, 6.45) is 3.60. The maximum absolute atomic E-state index is 11.9. The third kappa shape index (κ3) is 2.44. The average molecular weight is 244 g/mol. The standard InChI is InChI=1S/C10H16N2O3S/c1-2-10(13)12-6-5-9(7-12)16(14,15)11-8-3-4-8/h2,8-9,11H,1,3-7H2. The SMILES string of the molecule is C=CC(=O)N1CCC(S(=O)(=O)NC2CC2)C1. The zero-order valence-electron chi connectivity index (χ0n) is 9.05. The Morgan fingerprint density at radius 2 is 2.06 bits per heavy atom. The summed E-state index contributed by atoms with van der Waals surface area (Å²) < 4.78 is 26.4. The Balaban J connectivity index is 1.96. The van der Waals surface area contributed by atoms with Crippen LogP contribution in [0.2, 0.25) is 0 Å². The third-order valence-corrected chi connectivity index (χ3v) is 4.90. The highest BCUT2D eigenvalue weighted by atomic mass is 32.2. The Labute approximate surface area is 95.6 Å². The van der Waals surface area contributed by atoms with Gasteiger partial charge < -0.3 is 4.90 Å². The topological polar surface area (TPSA) is 66.5 Å². The van der Waals surface area contributed by atoms with Crippen molar-refractivity contribution in [2.45, 2.75) is 30.6 Å². The Kier molecular flexibility index (Phi) is 3.03. The predicted molar refractivity (Wildman–Crippen MR) is 60.3 cm³/mol. The number of carbonyl (C=O) groups excluding carboxylic acids is 1. The molecule has 1 atom stereocenters. The van der Waals surface area contributed by atoms with Crippen LogP contribution in [0, 0.1) is 0 Å². The van der Waals surface area contributed by atoms with Crippen molar-refractivity contribution in [2.24, 2.45) is 0 Å². The molecule has 90 valence electrons. The van der Waals surface area contributed by atoms with Crippen molar-refractivity contribution in [3.63, 3.8) is 0 Å².